The number of nitrogens with two attached hydrogens (primary N) is 1. The van der Waals surface area contributed by atoms with E-state index in [2.05, 4.69) is 22.3 Å². The third kappa shape index (κ3) is 4.14. The summed E-state index contributed by atoms with van der Waals surface area (Å²) in [6.45, 7) is 5.45. The molecule has 0 fully saturated rings. The summed E-state index contributed by atoms with van der Waals surface area (Å²) in [6.07, 6.45) is 5.68. The fraction of sp³-hybridized carbons (Fsp3) is 0.727. The Kier molecular flexibility index (Phi) is 5.09. The van der Waals surface area contributed by atoms with Crippen LogP contribution in [0, 0.1) is 0 Å². The first kappa shape index (κ1) is 13.6. The number of aryl methyl sites for hydroxylation is 1. The van der Waals surface area contributed by atoms with Crippen molar-refractivity contribution in [1.82, 2.24) is 20.1 Å². The van der Waals surface area contributed by atoms with Gasteiger partial charge in [-0.2, -0.15) is 5.10 Å². The lowest BCUT2D eigenvalue weighted by Crippen LogP contribution is -2.53. The predicted molar refractivity (Wildman–Crippen MR) is 65.1 cm³/mol. The Bertz CT molecular complexity index is 338. The van der Waals surface area contributed by atoms with Crippen molar-refractivity contribution in [3.05, 3.63) is 12.7 Å². The molecule has 0 spiro atoms. The zero-order chi connectivity index (χ0) is 12.7. The molecule has 1 amide bonds. The van der Waals surface area contributed by atoms with E-state index in [0.29, 0.717) is 6.42 Å². The van der Waals surface area contributed by atoms with Crippen LogP contribution >= 0.6 is 0 Å². The van der Waals surface area contributed by atoms with E-state index < -0.39 is 5.54 Å². The van der Waals surface area contributed by atoms with Crippen LogP contribution in [0.4, 0.5) is 0 Å². The van der Waals surface area contributed by atoms with Crippen LogP contribution in [0.15, 0.2) is 12.7 Å². The summed E-state index contributed by atoms with van der Waals surface area (Å²) in [5, 5.41) is 7.22. The molecule has 0 aliphatic heterocycles. The van der Waals surface area contributed by atoms with Crippen molar-refractivity contribution in [2.75, 3.05) is 6.54 Å². The summed E-state index contributed by atoms with van der Waals surface area (Å²) in [7, 11) is 0. The molecule has 1 unspecified atom stereocenters. The van der Waals surface area contributed by atoms with Crippen molar-refractivity contribution in [3.63, 3.8) is 0 Å². The third-order valence-corrected chi connectivity index (χ3v) is 2.84. The maximum atomic E-state index is 11.4. The summed E-state index contributed by atoms with van der Waals surface area (Å²) in [5.74, 6) is -0.301. The molecule has 0 aromatic carbocycles. The SMILES string of the molecule is CCCNC(C)(CCCn1cncn1)C(N)=O. The first-order valence-corrected chi connectivity index (χ1v) is 5.96. The van der Waals surface area contributed by atoms with Gasteiger partial charge < -0.3 is 11.1 Å². The standard InChI is InChI=1S/C11H21N5O/c1-3-6-14-11(2,10(12)17)5-4-7-16-9-13-8-15-16/h8-9,14H,3-7H2,1-2H3,(H2,12,17). The molecule has 0 aliphatic rings. The fourth-order valence-corrected chi connectivity index (χ4v) is 1.64. The molecule has 0 bridgehead atoms. The van der Waals surface area contributed by atoms with Gasteiger partial charge in [0.1, 0.15) is 12.7 Å². The number of hydrogen-bond donors (Lipinski definition) is 2. The lowest BCUT2D eigenvalue weighted by Gasteiger charge is -2.27. The van der Waals surface area contributed by atoms with Gasteiger partial charge in [-0.1, -0.05) is 6.92 Å². The summed E-state index contributed by atoms with van der Waals surface area (Å²) in [5.41, 5.74) is 4.81. The number of nitrogens with zero attached hydrogens (tertiary/aromatic N) is 3. The molecular weight excluding hydrogens is 218 g/mol. The maximum absolute atomic E-state index is 11.4. The highest BCUT2D eigenvalue weighted by atomic mass is 16.1. The molecule has 0 aliphatic carbocycles. The highest BCUT2D eigenvalue weighted by Gasteiger charge is 2.29. The first-order chi connectivity index (χ1) is 8.08. The van der Waals surface area contributed by atoms with Crippen LogP contribution in [0.5, 0.6) is 0 Å². The van der Waals surface area contributed by atoms with Gasteiger partial charge >= 0.3 is 0 Å². The van der Waals surface area contributed by atoms with Gasteiger partial charge in [0.25, 0.3) is 0 Å². The minimum Gasteiger partial charge on any atom is -0.368 e. The second-order valence-corrected chi connectivity index (χ2v) is 4.39. The number of hydrogen-bond acceptors (Lipinski definition) is 4. The van der Waals surface area contributed by atoms with E-state index in [1.807, 2.05) is 6.92 Å². The number of amides is 1. The van der Waals surface area contributed by atoms with Gasteiger partial charge in [0.05, 0.1) is 5.54 Å². The van der Waals surface area contributed by atoms with Gasteiger partial charge in [-0.3, -0.25) is 9.48 Å². The quantitative estimate of drug-likeness (QED) is 0.683. The summed E-state index contributed by atoms with van der Waals surface area (Å²) < 4.78 is 1.75. The smallest absolute Gasteiger partial charge is 0.237 e. The number of carbonyl (C=O) groups excluding carboxylic acids is 1. The number of aromatic nitrogens is 3. The van der Waals surface area contributed by atoms with E-state index in [1.165, 1.54) is 6.33 Å². The van der Waals surface area contributed by atoms with Crippen LogP contribution in [-0.2, 0) is 11.3 Å². The van der Waals surface area contributed by atoms with E-state index in [0.717, 1.165) is 25.9 Å². The molecule has 6 heteroatoms. The topological polar surface area (TPSA) is 85.8 Å². The van der Waals surface area contributed by atoms with E-state index in [1.54, 1.807) is 11.0 Å². The Morgan fingerprint density at radius 2 is 2.35 bits per heavy atom. The molecule has 3 N–H and O–H groups in total. The number of carbonyl (C=O) groups is 1. The van der Waals surface area contributed by atoms with Crippen molar-refractivity contribution >= 4 is 5.91 Å². The minimum atomic E-state index is -0.628. The third-order valence-electron chi connectivity index (χ3n) is 2.84. The Morgan fingerprint density at radius 3 is 2.88 bits per heavy atom. The highest BCUT2D eigenvalue weighted by Crippen LogP contribution is 2.12. The Balaban J connectivity index is 2.41. The predicted octanol–water partition coefficient (Wildman–Crippen LogP) is 0.302. The Morgan fingerprint density at radius 1 is 1.59 bits per heavy atom. The molecule has 0 saturated carbocycles. The Labute approximate surface area is 102 Å². The molecule has 6 nitrogen and oxygen atoms in total. The highest BCUT2D eigenvalue weighted by molar-refractivity contribution is 5.84. The Hall–Kier alpha value is -1.43. The molecule has 1 rings (SSSR count). The number of rotatable bonds is 8. The zero-order valence-electron chi connectivity index (χ0n) is 10.5. The van der Waals surface area contributed by atoms with Crippen molar-refractivity contribution in [2.45, 2.75) is 45.2 Å². The van der Waals surface area contributed by atoms with Crippen LogP contribution in [0.25, 0.3) is 0 Å². The average molecular weight is 239 g/mol. The van der Waals surface area contributed by atoms with Gasteiger partial charge in [-0.15, -0.1) is 0 Å². The number of nitrogens with one attached hydrogen (secondary N) is 1. The van der Waals surface area contributed by atoms with Crippen molar-refractivity contribution in [1.29, 1.82) is 0 Å². The zero-order valence-corrected chi connectivity index (χ0v) is 10.5. The van der Waals surface area contributed by atoms with E-state index in [9.17, 15) is 4.79 Å². The first-order valence-electron chi connectivity index (χ1n) is 5.96. The molecule has 1 aromatic heterocycles. The van der Waals surface area contributed by atoms with Crippen molar-refractivity contribution in [2.24, 2.45) is 5.73 Å². The largest absolute Gasteiger partial charge is 0.368 e. The van der Waals surface area contributed by atoms with Crippen LogP contribution in [-0.4, -0.2) is 32.8 Å². The molecule has 96 valence electrons. The lowest BCUT2D eigenvalue weighted by molar-refractivity contribution is -0.124. The van der Waals surface area contributed by atoms with Crippen molar-refractivity contribution < 1.29 is 4.79 Å². The van der Waals surface area contributed by atoms with Gasteiger partial charge in [-0.05, 0) is 32.7 Å². The maximum Gasteiger partial charge on any atom is 0.237 e. The molecule has 1 heterocycles. The van der Waals surface area contributed by atoms with E-state index >= 15 is 0 Å². The summed E-state index contributed by atoms with van der Waals surface area (Å²) in [4.78, 5) is 15.3. The van der Waals surface area contributed by atoms with Gasteiger partial charge in [-0.25, -0.2) is 4.98 Å². The molecule has 1 atom stereocenters. The van der Waals surface area contributed by atoms with Crippen LogP contribution in [0.1, 0.15) is 33.1 Å². The fourth-order valence-electron chi connectivity index (χ4n) is 1.64. The lowest BCUT2D eigenvalue weighted by atomic mass is 9.94. The second-order valence-electron chi connectivity index (χ2n) is 4.39. The van der Waals surface area contributed by atoms with Crippen LogP contribution < -0.4 is 11.1 Å². The average Bonchev–Trinajstić information content (AvgIpc) is 2.79. The molecule has 1 aromatic rings. The van der Waals surface area contributed by atoms with Gasteiger partial charge in [0, 0.05) is 6.54 Å². The summed E-state index contributed by atoms with van der Waals surface area (Å²) in [6, 6.07) is 0. The number of primary amides is 1. The molecule has 0 saturated heterocycles. The van der Waals surface area contributed by atoms with Crippen LogP contribution in [0.3, 0.4) is 0 Å². The van der Waals surface area contributed by atoms with Gasteiger partial charge in [0.15, 0.2) is 0 Å². The van der Waals surface area contributed by atoms with Crippen LogP contribution in [0.2, 0.25) is 0 Å². The minimum absolute atomic E-state index is 0.301. The molecule has 0 radical (unpaired) electrons. The summed E-state index contributed by atoms with van der Waals surface area (Å²) >= 11 is 0. The molecular formula is C11H21N5O. The van der Waals surface area contributed by atoms with E-state index in [4.69, 9.17) is 5.73 Å². The monoisotopic (exact) mass is 239 g/mol. The van der Waals surface area contributed by atoms with Crippen molar-refractivity contribution in [3.8, 4) is 0 Å². The molecule has 17 heavy (non-hydrogen) atoms. The van der Waals surface area contributed by atoms with Gasteiger partial charge in [0.2, 0.25) is 5.91 Å². The second kappa shape index (κ2) is 6.34. The van der Waals surface area contributed by atoms with E-state index in [-0.39, 0.29) is 5.91 Å². The normalized spacial score (nSPS) is 14.5.